The third kappa shape index (κ3) is 3.49. The lowest BCUT2D eigenvalue weighted by molar-refractivity contribution is -0.134. The van der Waals surface area contributed by atoms with Crippen LogP contribution in [0.15, 0.2) is 42.5 Å². The van der Waals surface area contributed by atoms with Gasteiger partial charge in [0.05, 0.1) is 24.6 Å². The van der Waals surface area contributed by atoms with Crippen LogP contribution in [0, 0.1) is 0 Å². The molecule has 2 N–H and O–H groups in total. The molecule has 3 aliphatic rings. The molecule has 0 bridgehead atoms. The summed E-state index contributed by atoms with van der Waals surface area (Å²) in [7, 11) is 0. The molecule has 1 aliphatic carbocycles. The minimum absolute atomic E-state index is 0.371. The number of morpholine rings is 1. The molecule has 2 aliphatic heterocycles. The lowest BCUT2D eigenvalue weighted by atomic mass is 9.92. The maximum absolute atomic E-state index is 13.3. The van der Waals surface area contributed by atoms with Gasteiger partial charge in [-0.05, 0) is 42.2 Å². The molecular formula is C23H23ClN4O4. The van der Waals surface area contributed by atoms with Crippen LogP contribution in [0.3, 0.4) is 0 Å². The van der Waals surface area contributed by atoms with Gasteiger partial charge < -0.3 is 20.3 Å². The van der Waals surface area contributed by atoms with Gasteiger partial charge in [-0.3, -0.25) is 14.5 Å². The van der Waals surface area contributed by atoms with E-state index in [9.17, 15) is 14.4 Å². The second-order valence-electron chi connectivity index (χ2n) is 8.19. The molecule has 0 aromatic heterocycles. The van der Waals surface area contributed by atoms with Crippen LogP contribution < -0.4 is 15.5 Å². The Hall–Kier alpha value is -3.10. The van der Waals surface area contributed by atoms with Gasteiger partial charge in [0.15, 0.2) is 0 Å². The molecule has 2 fully saturated rings. The summed E-state index contributed by atoms with van der Waals surface area (Å²) in [5, 5.41) is 6.16. The molecule has 166 valence electrons. The molecule has 5 rings (SSSR count). The monoisotopic (exact) mass is 454 g/mol. The first-order valence-electron chi connectivity index (χ1n) is 10.6. The van der Waals surface area contributed by atoms with Crippen molar-refractivity contribution >= 4 is 40.8 Å². The zero-order chi connectivity index (χ0) is 22.3. The highest BCUT2D eigenvalue weighted by Crippen LogP contribution is 2.41. The van der Waals surface area contributed by atoms with Crippen LogP contribution >= 0.6 is 11.6 Å². The second-order valence-corrected chi connectivity index (χ2v) is 8.63. The van der Waals surface area contributed by atoms with Gasteiger partial charge in [0.25, 0.3) is 5.91 Å². The molecule has 0 radical (unpaired) electrons. The number of amides is 4. The van der Waals surface area contributed by atoms with E-state index in [0.717, 1.165) is 21.7 Å². The number of halogens is 1. The third-order valence-corrected chi connectivity index (χ3v) is 6.54. The predicted molar refractivity (Wildman–Crippen MR) is 120 cm³/mol. The SMILES string of the molecule is O=C(CN1C(=O)NC2(CCc3ccccc32)C1=O)Nc1cc(Cl)ccc1N1CCOCC1. The average Bonchev–Trinajstić information content (AvgIpc) is 3.28. The Bertz CT molecular complexity index is 1100. The molecule has 32 heavy (non-hydrogen) atoms. The number of fused-ring (bicyclic) bond motifs is 2. The normalized spacial score (nSPS) is 22.3. The number of hydrogen-bond donors (Lipinski definition) is 2. The predicted octanol–water partition coefficient (Wildman–Crippen LogP) is 2.51. The Morgan fingerprint density at radius 1 is 1.16 bits per heavy atom. The van der Waals surface area contributed by atoms with Crippen molar-refractivity contribution in [3.05, 3.63) is 58.6 Å². The molecule has 2 aromatic carbocycles. The number of rotatable bonds is 4. The van der Waals surface area contributed by atoms with Crippen molar-refractivity contribution in [2.75, 3.05) is 43.1 Å². The fraction of sp³-hybridized carbons (Fsp3) is 0.348. The number of urea groups is 1. The lowest BCUT2D eigenvalue weighted by Gasteiger charge is -2.30. The summed E-state index contributed by atoms with van der Waals surface area (Å²) in [6.45, 7) is 2.21. The quantitative estimate of drug-likeness (QED) is 0.693. The van der Waals surface area contributed by atoms with Gasteiger partial charge in [0, 0.05) is 18.1 Å². The summed E-state index contributed by atoms with van der Waals surface area (Å²) in [6.07, 6.45) is 1.19. The van der Waals surface area contributed by atoms with Gasteiger partial charge in [0.1, 0.15) is 12.1 Å². The van der Waals surface area contributed by atoms with Gasteiger partial charge in [-0.2, -0.15) is 0 Å². The minimum Gasteiger partial charge on any atom is -0.378 e. The second kappa shape index (κ2) is 8.11. The zero-order valence-corrected chi connectivity index (χ0v) is 18.2. The molecular weight excluding hydrogens is 432 g/mol. The zero-order valence-electron chi connectivity index (χ0n) is 17.4. The molecule has 8 nitrogen and oxygen atoms in total. The van der Waals surface area contributed by atoms with Crippen molar-refractivity contribution in [1.82, 2.24) is 10.2 Å². The molecule has 2 heterocycles. The maximum Gasteiger partial charge on any atom is 0.325 e. The van der Waals surface area contributed by atoms with Crippen molar-refractivity contribution in [1.29, 1.82) is 0 Å². The fourth-order valence-corrected chi connectivity index (χ4v) is 4.93. The van der Waals surface area contributed by atoms with Crippen LogP contribution in [0.1, 0.15) is 17.5 Å². The van der Waals surface area contributed by atoms with Gasteiger partial charge in [-0.1, -0.05) is 35.9 Å². The number of imide groups is 1. The van der Waals surface area contributed by atoms with Crippen molar-refractivity contribution in [2.45, 2.75) is 18.4 Å². The molecule has 2 saturated heterocycles. The first-order chi connectivity index (χ1) is 15.5. The van der Waals surface area contributed by atoms with E-state index in [1.165, 1.54) is 0 Å². The standard InChI is InChI=1S/C23H23ClN4O4/c24-16-5-6-19(27-9-11-32-12-10-27)18(13-16)25-20(29)14-28-21(30)23(26-22(28)31)8-7-15-3-1-2-4-17(15)23/h1-6,13H,7-12,14H2,(H,25,29)(H,26,31). The highest BCUT2D eigenvalue weighted by Gasteiger charge is 2.55. The number of hydrogen-bond acceptors (Lipinski definition) is 5. The minimum atomic E-state index is -1.08. The van der Waals surface area contributed by atoms with Crippen LogP contribution in [0.25, 0.3) is 0 Å². The van der Waals surface area contributed by atoms with E-state index in [-0.39, 0.29) is 12.5 Å². The Kier molecular flexibility index (Phi) is 5.27. The molecule has 2 aromatic rings. The van der Waals surface area contributed by atoms with E-state index in [1.807, 2.05) is 30.3 Å². The van der Waals surface area contributed by atoms with E-state index in [2.05, 4.69) is 15.5 Å². The first-order valence-corrected chi connectivity index (χ1v) is 11.0. The highest BCUT2D eigenvalue weighted by atomic mass is 35.5. The molecule has 4 amide bonds. The number of aryl methyl sites for hydroxylation is 1. The van der Waals surface area contributed by atoms with Gasteiger partial charge >= 0.3 is 6.03 Å². The molecule has 9 heteroatoms. The number of ether oxygens (including phenoxy) is 1. The van der Waals surface area contributed by atoms with Gasteiger partial charge in [-0.25, -0.2) is 4.79 Å². The Balaban J connectivity index is 1.34. The van der Waals surface area contributed by atoms with Crippen LogP contribution in [0.2, 0.25) is 5.02 Å². The maximum atomic E-state index is 13.3. The Morgan fingerprint density at radius 2 is 1.94 bits per heavy atom. The number of nitrogens with one attached hydrogen (secondary N) is 2. The van der Waals surface area contributed by atoms with E-state index in [1.54, 1.807) is 12.1 Å². The Morgan fingerprint density at radius 3 is 2.75 bits per heavy atom. The van der Waals surface area contributed by atoms with Crippen LogP contribution in [-0.2, 0) is 26.3 Å². The number of carbonyl (C=O) groups is 3. The lowest BCUT2D eigenvalue weighted by Crippen LogP contribution is -2.43. The third-order valence-electron chi connectivity index (χ3n) is 6.31. The number of nitrogens with zero attached hydrogens (tertiary/aromatic N) is 2. The van der Waals surface area contributed by atoms with Crippen LogP contribution in [0.5, 0.6) is 0 Å². The van der Waals surface area contributed by atoms with Gasteiger partial charge in [-0.15, -0.1) is 0 Å². The largest absolute Gasteiger partial charge is 0.378 e. The summed E-state index contributed by atoms with van der Waals surface area (Å²) in [6, 6.07) is 12.3. The molecule has 1 atom stereocenters. The van der Waals surface area contributed by atoms with E-state index in [4.69, 9.17) is 16.3 Å². The van der Waals surface area contributed by atoms with Crippen LogP contribution in [0.4, 0.5) is 16.2 Å². The van der Waals surface area contributed by atoms with E-state index in [0.29, 0.717) is 49.9 Å². The van der Waals surface area contributed by atoms with Crippen molar-refractivity contribution in [2.24, 2.45) is 0 Å². The summed E-state index contributed by atoms with van der Waals surface area (Å²) < 4.78 is 5.41. The number of carbonyl (C=O) groups excluding carboxylic acids is 3. The first kappa shape index (κ1) is 20.8. The Labute approximate surface area is 190 Å². The molecule has 1 spiro atoms. The summed E-state index contributed by atoms with van der Waals surface area (Å²) in [5.41, 5.74) is 2.14. The number of benzene rings is 2. The summed E-state index contributed by atoms with van der Waals surface area (Å²) >= 11 is 6.16. The summed E-state index contributed by atoms with van der Waals surface area (Å²) in [4.78, 5) is 41.9. The molecule has 0 saturated carbocycles. The van der Waals surface area contributed by atoms with Crippen LogP contribution in [-0.4, -0.2) is 55.6 Å². The van der Waals surface area contributed by atoms with E-state index < -0.39 is 17.5 Å². The highest BCUT2D eigenvalue weighted by molar-refractivity contribution is 6.31. The average molecular weight is 455 g/mol. The van der Waals surface area contributed by atoms with E-state index >= 15 is 0 Å². The number of anilines is 2. The molecule has 1 unspecified atom stereocenters. The van der Waals surface area contributed by atoms with Crippen molar-refractivity contribution in [3.8, 4) is 0 Å². The van der Waals surface area contributed by atoms with Gasteiger partial charge in [0.2, 0.25) is 5.91 Å². The smallest absolute Gasteiger partial charge is 0.325 e. The van der Waals surface area contributed by atoms with Crippen molar-refractivity contribution < 1.29 is 19.1 Å². The topological polar surface area (TPSA) is 91.0 Å². The summed E-state index contributed by atoms with van der Waals surface area (Å²) in [5.74, 6) is -0.851. The van der Waals surface area contributed by atoms with Crippen molar-refractivity contribution in [3.63, 3.8) is 0 Å². The fourth-order valence-electron chi connectivity index (χ4n) is 4.75.